The first kappa shape index (κ1) is 12.4. The zero-order valence-electron chi connectivity index (χ0n) is 10.8. The number of fused-ring (bicyclic) bond motifs is 2. The molecular formula is C15H14ClNO2. The molecule has 2 aromatic rings. The fourth-order valence-electron chi connectivity index (χ4n) is 2.88. The average molecular weight is 276 g/mol. The zero-order chi connectivity index (χ0) is 13.8. The van der Waals surface area contributed by atoms with Crippen LogP contribution in [0.15, 0.2) is 18.2 Å². The highest BCUT2D eigenvalue weighted by Crippen LogP contribution is 2.41. The molecule has 98 valence electrons. The Kier molecular flexibility index (Phi) is 2.58. The zero-order valence-corrected chi connectivity index (χ0v) is 11.6. The summed E-state index contributed by atoms with van der Waals surface area (Å²) in [4.78, 5) is 16.3. The van der Waals surface area contributed by atoms with Crippen molar-refractivity contribution in [1.29, 1.82) is 0 Å². The summed E-state index contributed by atoms with van der Waals surface area (Å²) in [5.41, 5.74) is 2.77. The van der Waals surface area contributed by atoms with Crippen LogP contribution in [0.2, 0.25) is 5.02 Å². The van der Waals surface area contributed by atoms with Gasteiger partial charge in [-0.3, -0.25) is 4.98 Å². The lowest BCUT2D eigenvalue weighted by atomic mass is 9.89. The molecule has 0 fully saturated rings. The van der Waals surface area contributed by atoms with Crippen LogP contribution in [0.5, 0.6) is 0 Å². The van der Waals surface area contributed by atoms with E-state index >= 15 is 0 Å². The van der Waals surface area contributed by atoms with Crippen molar-refractivity contribution >= 4 is 28.5 Å². The number of aromatic nitrogens is 1. The molecule has 4 heteroatoms. The Morgan fingerprint density at radius 1 is 1.42 bits per heavy atom. The summed E-state index contributed by atoms with van der Waals surface area (Å²) in [5.74, 6) is -0.885. The summed E-state index contributed by atoms with van der Waals surface area (Å²) >= 11 is 5.99. The molecule has 1 aliphatic carbocycles. The summed E-state index contributed by atoms with van der Waals surface area (Å²) in [6, 6.07) is 5.20. The van der Waals surface area contributed by atoms with Gasteiger partial charge in [0, 0.05) is 15.8 Å². The topological polar surface area (TPSA) is 50.2 Å². The van der Waals surface area contributed by atoms with Gasteiger partial charge in [-0.1, -0.05) is 31.5 Å². The molecule has 1 aromatic carbocycles. The molecule has 0 saturated carbocycles. The van der Waals surface area contributed by atoms with E-state index in [-0.39, 0.29) is 5.41 Å². The third kappa shape index (κ3) is 1.80. The molecule has 3 rings (SSSR count). The largest absolute Gasteiger partial charge is 0.478 e. The van der Waals surface area contributed by atoms with Crippen molar-refractivity contribution in [3.8, 4) is 0 Å². The van der Waals surface area contributed by atoms with Crippen molar-refractivity contribution < 1.29 is 9.90 Å². The summed E-state index contributed by atoms with van der Waals surface area (Å²) in [6.07, 6.45) is 1.70. The number of carbonyl (C=O) groups is 1. The van der Waals surface area contributed by atoms with E-state index in [0.29, 0.717) is 21.5 Å². The molecule has 0 radical (unpaired) electrons. The van der Waals surface area contributed by atoms with Crippen molar-refractivity contribution in [1.82, 2.24) is 4.98 Å². The number of nitrogens with zero attached hydrogens (tertiary/aromatic N) is 1. The van der Waals surface area contributed by atoms with Crippen LogP contribution >= 0.6 is 11.6 Å². The second kappa shape index (κ2) is 3.94. The van der Waals surface area contributed by atoms with Crippen molar-refractivity contribution in [2.24, 2.45) is 0 Å². The van der Waals surface area contributed by atoms with E-state index in [0.717, 1.165) is 24.1 Å². The van der Waals surface area contributed by atoms with E-state index in [4.69, 9.17) is 11.6 Å². The van der Waals surface area contributed by atoms with Crippen LogP contribution < -0.4 is 0 Å². The van der Waals surface area contributed by atoms with E-state index in [1.165, 1.54) is 0 Å². The second-order valence-electron chi connectivity index (χ2n) is 5.66. The molecule has 0 atom stereocenters. The van der Waals surface area contributed by atoms with Crippen LogP contribution in [-0.2, 0) is 11.8 Å². The predicted molar refractivity (Wildman–Crippen MR) is 75.1 cm³/mol. The quantitative estimate of drug-likeness (QED) is 0.861. The molecular weight excluding hydrogens is 262 g/mol. The highest BCUT2D eigenvalue weighted by atomic mass is 35.5. The van der Waals surface area contributed by atoms with Gasteiger partial charge in [-0.15, -0.1) is 0 Å². The fraction of sp³-hybridized carbons (Fsp3) is 0.333. The Labute approximate surface area is 116 Å². The lowest BCUT2D eigenvalue weighted by molar-refractivity contribution is 0.0698. The molecule has 0 unspecified atom stereocenters. The van der Waals surface area contributed by atoms with E-state index in [1.807, 2.05) is 0 Å². The van der Waals surface area contributed by atoms with Crippen LogP contribution in [0.3, 0.4) is 0 Å². The van der Waals surface area contributed by atoms with Gasteiger partial charge in [-0.25, -0.2) is 4.79 Å². The Morgan fingerprint density at radius 3 is 2.84 bits per heavy atom. The number of rotatable bonds is 1. The Balaban J connectivity index is 2.45. The number of hydrogen-bond acceptors (Lipinski definition) is 2. The standard InChI is InChI=1S/C15H14ClNO2/c1-15(2)6-5-10-12(14(18)19)9-4-3-8(16)7-11(9)17-13(10)15/h3-4,7H,5-6H2,1-2H3,(H,18,19). The third-order valence-corrected chi connectivity index (χ3v) is 4.14. The summed E-state index contributed by atoms with van der Waals surface area (Å²) < 4.78 is 0. The fourth-order valence-corrected chi connectivity index (χ4v) is 3.05. The number of aromatic carboxylic acids is 1. The summed E-state index contributed by atoms with van der Waals surface area (Å²) in [5, 5.41) is 10.8. The minimum atomic E-state index is -0.885. The summed E-state index contributed by atoms with van der Waals surface area (Å²) in [6.45, 7) is 4.21. The number of carboxylic acids is 1. The maximum Gasteiger partial charge on any atom is 0.336 e. The average Bonchev–Trinajstić information content (AvgIpc) is 2.62. The smallest absolute Gasteiger partial charge is 0.336 e. The van der Waals surface area contributed by atoms with Crippen molar-refractivity contribution in [2.75, 3.05) is 0 Å². The third-order valence-electron chi connectivity index (χ3n) is 3.90. The van der Waals surface area contributed by atoms with Gasteiger partial charge in [0.15, 0.2) is 0 Å². The van der Waals surface area contributed by atoms with E-state index < -0.39 is 5.97 Å². The first-order valence-electron chi connectivity index (χ1n) is 6.26. The van der Waals surface area contributed by atoms with Gasteiger partial charge in [0.1, 0.15) is 0 Å². The molecule has 1 aromatic heterocycles. The molecule has 1 N–H and O–H groups in total. The normalized spacial score (nSPS) is 16.6. The van der Waals surface area contributed by atoms with E-state index in [1.54, 1.807) is 18.2 Å². The van der Waals surface area contributed by atoms with Crippen molar-refractivity contribution in [3.05, 3.63) is 40.0 Å². The van der Waals surface area contributed by atoms with Crippen LogP contribution in [-0.4, -0.2) is 16.1 Å². The Bertz CT molecular complexity index is 707. The maximum atomic E-state index is 11.6. The van der Waals surface area contributed by atoms with Gasteiger partial charge in [0.25, 0.3) is 0 Å². The minimum absolute atomic E-state index is 0.0734. The number of carboxylic acid groups (broad SMARTS) is 1. The highest BCUT2D eigenvalue weighted by Gasteiger charge is 2.35. The molecule has 1 heterocycles. The van der Waals surface area contributed by atoms with E-state index in [2.05, 4.69) is 18.8 Å². The molecule has 0 aliphatic heterocycles. The monoisotopic (exact) mass is 275 g/mol. The van der Waals surface area contributed by atoms with Gasteiger partial charge in [0.05, 0.1) is 16.8 Å². The van der Waals surface area contributed by atoms with Gasteiger partial charge in [-0.2, -0.15) is 0 Å². The van der Waals surface area contributed by atoms with Crippen LogP contribution in [0, 0.1) is 0 Å². The van der Waals surface area contributed by atoms with Crippen LogP contribution in [0.4, 0.5) is 0 Å². The van der Waals surface area contributed by atoms with Crippen molar-refractivity contribution in [3.63, 3.8) is 0 Å². The highest BCUT2D eigenvalue weighted by molar-refractivity contribution is 6.31. The Hall–Kier alpha value is -1.61. The van der Waals surface area contributed by atoms with Gasteiger partial charge in [-0.05, 0) is 30.5 Å². The van der Waals surface area contributed by atoms with Gasteiger partial charge >= 0.3 is 5.97 Å². The molecule has 1 aliphatic rings. The lowest BCUT2D eigenvalue weighted by Gasteiger charge is -2.18. The second-order valence-corrected chi connectivity index (χ2v) is 6.10. The van der Waals surface area contributed by atoms with Crippen molar-refractivity contribution in [2.45, 2.75) is 32.1 Å². The molecule has 0 amide bonds. The SMILES string of the molecule is CC1(C)CCc2c1nc1cc(Cl)ccc1c2C(=O)O. The van der Waals surface area contributed by atoms with Gasteiger partial charge < -0.3 is 5.11 Å². The molecule has 3 nitrogen and oxygen atoms in total. The molecule has 0 saturated heterocycles. The van der Waals surface area contributed by atoms with Gasteiger partial charge in [0.2, 0.25) is 0 Å². The van der Waals surface area contributed by atoms with Crippen LogP contribution in [0.25, 0.3) is 10.9 Å². The molecule has 19 heavy (non-hydrogen) atoms. The van der Waals surface area contributed by atoms with Crippen LogP contribution in [0.1, 0.15) is 41.9 Å². The maximum absolute atomic E-state index is 11.6. The Morgan fingerprint density at radius 2 is 2.16 bits per heavy atom. The molecule has 0 spiro atoms. The predicted octanol–water partition coefficient (Wildman–Crippen LogP) is 3.81. The minimum Gasteiger partial charge on any atom is -0.478 e. The summed E-state index contributed by atoms with van der Waals surface area (Å²) in [7, 11) is 0. The first-order chi connectivity index (χ1) is 8.90. The number of hydrogen-bond donors (Lipinski definition) is 1. The lowest BCUT2D eigenvalue weighted by Crippen LogP contribution is -2.15. The number of pyridine rings is 1. The van der Waals surface area contributed by atoms with E-state index in [9.17, 15) is 9.90 Å². The number of benzene rings is 1. The molecule has 0 bridgehead atoms. The number of halogens is 1. The first-order valence-corrected chi connectivity index (χ1v) is 6.64.